The molecule has 1 aliphatic carbocycles. The Bertz CT molecular complexity index is 423. The van der Waals surface area contributed by atoms with E-state index in [2.05, 4.69) is 24.0 Å². The maximum Gasteiger partial charge on any atom is 0.0687 e. The summed E-state index contributed by atoms with van der Waals surface area (Å²) in [5.41, 5.74) is 4.39. The molecular weight excluding hydrogens is 234 g/mol. The van der Waals surface area contributed by atoms with Crippen LogP contribution < -0.4 is 5.32 Å². The Morgan fingerprint density at radius 1 is 1.05 bits per heavy atom. The molecule has 1 saturated heterocycles. The van der Waals surface area contributed by atoms with Gasteiger partial charge in [-0.15, -0.1) is 0 Å². The van der Waals surface area contributed by atoms with Crippen LogP contribution in [0.2, 0.25) is 0 Å². The van der Waals surface area contributed by atoms with Gasteiger partial charge in [-0.1, -0.05) is 19.3 Å². The van der Waals surface area contributed by atoms with Crippen LogP contribution in [-0.2, 0) is 7.05 Å². The summed E-state index contributed by atoms with van der Waals surface area (Å²) < 4.78 is 2.18. The molecule has 3 heteroatoms. The SMILES string of the molecule is Cc1c(C2CCCCC2)nn(C)c1C1CCCNC1. The number of aromatic nitrogens is 2. The average Bonchev–Trinajstić information content (AvgIpc) is 2.76. The summed E-state index contributed by atoms with van der Waals surface area (Å²) in [5.74, 6) is 1.40. The van der Waals surface area contributed by atoms with Crippen molar-refractivity contribution >= 4 is 0 Å². The van der Waals surface area contributed by atoms with E-state index in [-0.39, 0.29) is 0 Å². The van der Waals surface area contributed by atoms with E-state index >= 15 is 0 Å². The van der Waals surface area contributed by atoms with Crippen molar-refractivity contribution in [2.45, 2.75) is 63.7 Å². The van der Waals surface area contributed by atoms with Gasteiger partial charge in [0.15, 0.2) is 0 Å². The molecule has 0 aromatic carbocycles. The molecule has 106 valence electrons. The predicted molar refractivity (Wildman–Crippen MR) is 78.6 cm³/mol. The first-order chi connectivity index (χ1) is 9.27. The number of rotatable bonds is 2. The van der Waals surface area contributed by atoms with Crippen LogP contribution in [-0.4, -0.2) is 22.9 Å². The van der Waals surface area contributed by atoms with Gasteiger partial charge in [-0.05, 0) is 44.7 Å². The standard InChI is InChI=1S/C16H27N3/c1-12-15(13-7-4-3-5-8-13)18-19(2)16(12)14-9-6-10-17-11-14/h13-14,17H,3-11H2,1-2H3. The van der Waals surface area contributed by atoms with E-state index in [4.69, 9.17) is 5.10 Å². The second-order valence-corrected chi connectivity index (χ2v) is 6.40. The lowest BCUT2D eigenvalue weighted by Gasteiger charge is -2.24. The Labute approximate surface area is 116 Å². The van der Waals surface area contributed by atoms with Crippen LogP contribution in [0.1, 0.15) is 73.7 Å². The highest BCUT2D eigenvalue weighted by atomic mass is 15.3. The Hall–Kier alpha value is -0.830. The van der Waals surface area contributed by atoms with Gasteiger partial charge in [-0.3, -0.25) is 4.68 Å². The lowest BCUT2D eigenvalue weighted by Crippen LogP contribution is -2.29. The molecule has 1 saturated carbocycles. The maximum absolute atomic E-state index is 4.90. The van der Waals surface area contributed by atoms with Gasteiger partial charge in [0.05, 0.1) is 5.69 Å². The van der Waals surface area contributed by atoms with Crippen molar-refractivity contribution < 1.29 is 0 Å². The molecule has 0 bridgehead atoms. The van der Waals surface area contributed by atoms with Crippen molar-refractivity contribution in [3.05, 3.63) is 17.0 Å². The van der Waals surface area contributed by atoms with E-state index in [9.17, 15) is 0 Å². The Kier molecular flexibility index (Phi) is 3.92. The molecule has 3 rings (SSSR count). The third-order valence-electron chi connectivity index (χ3n) is 5.05. The van der Waals surface area contributed by atoms with Crippen LogP contribution in [0.4, 0.5) is 0 Å². The van der Waals surface area contributed by atoms with Crippen LogP contribution in [0, 0.1) is 6.92 Å². The van der Waals surface area contributed by atoms with Crippen LogP contribution in [0.5, 0.6) is 0 Å². The lowest BCUT2D eigenvalue weighted by molar-refractivity contribution is 0.431. The molecule has 1 aromatic heterocycles. The van der Waals surface area contributed by atoms with Gasteiger partial charge < -0.3 is 5.32 Å². The monoisotopic (exact) mass is 261 g/mol. The van der Waals surface area contributed by atoms with Crippen molar-refractivity contribution in [2.75, 3.05) is 13.1 Å². The maximum atomic E-state index is 4.90. The minimum absolute atomic E-state index is 0.670. The number of hydrogen-bond donors (Lipinski definition) is 1. The van der Waals surface area contributed by atoms with Gasteiger partial charge in [-0.25, -0.2) is 0 Å². The molecule has 1 unspecified atom stereocenters. The number of piperidine rings is 1. The van der Waals surface area contributed by atoms with Gasteiger partial charge in [-0.2, -0.15) is 5.10 Å². The quantitative estimate of drug-likeness (QED) is 0.885. The van der Waals surface area contributed by atoms with E-state index < -0.39 is 0 Å². The lowest BCUT2D eigenvalue weighted by atomic mass is 9.84. The van der Waals surface area contributed by atoms with Gasteiger partial charge in [0.1, 0.15) is 0 Å². The highest BCUT2D eigenvalue weighted by molar-refractivity contribution is 5.31. The van der Waals surface area contributed by atoms with Crippen molar-refractivity contribution in [1.82, 2.24) is 15.1 Å². The summed E-state index contributed by atoms with van der Waals surface area (Å²) in [6.45, 7) is 4.62. The minimum Gasteiger partial charge on any atom is -0.316 e. The molecule has 1 aromatic rings. The smallest absolute Gasteiger partial charge is 0.0687 e. The number of hydrogen-bond acceptors (Lipinski definition) is 2. The van der Waals surface area contributed by atoms with Crippen LogP contribution in [0.15, 0.2) is 0 Å². The van der Waals surface area contributed by atoms with Gasteiger partial charge in [0.25, 0.3) is 0 Å². The largest absolute Gasteiger partial charge is 0.316 e. The van der Waals surface area contributed by atoms with Gasteiger partial charge in [0.2, 0.25) is 0 Å². The summed E-state index contributed by atoms with van der Waals surface area (Å²) in [6.07, 6.45) is 9.51. The summed E-state index contributed by atoms with van der Waals surface area (Å²) >= 11 is 0. The van der Waals surface area contributed by atoms with Crippen molar-refractivity contribution in [2.24, 2.45) is 7.05 Å². The summed E-state index contributed by atoms with van der Waals surface area (Å²) in [7, 11) is 2.14. The fourth-order valence-electron chi connectivity index (χ4n) is 4.08. The van der Waals surface area contributed by atoms with E-state index in [1.165, 1.54) is 68.4 Å². The third-order valence-corrected chi connectivity index (χ3v) is 5.05. The Balaban J connectivity index is 1.86. The molecule has 3 nitrogen and oxygen atoms in total. The molecule has 19 heavy (non-hydrogen) atoms. The fourth-order valence-corrected chi connectivity index (χ4v) is 4.08. The van der Waals surface area contributed by atoms with E-state index in [1.807, 2.05) is 0 Å². The second kappa shape index (κ2) is 5.66. The molecule has 2 fully saturated rings. The number of aryl methyl sites for hydroxylation is 1. The van der Waals surface area contributed by atoms with E-state index in [0.29, 0.717) is 5.92 Å². The van der Waals surface area contributed by atoms with Crippen molar-refractivity contribution in [3.63, 3.8) is 0 Å². The topological polar surface area (TPSA) is 29.9 Å². The highest BCUT2D eigenvalue weighted by Crippen LogP contribution is 2.36. The Morgan fingerprint density at radius 2 is 1.79 bits per heavy atom. The zero-order valence-electron chi connectivity index (χ0n) is 12.4. The molecule has 2 heterocycles. The molecule has 2 aliphatic rings. The molecule has 1 aliphatic heterocycles. The first kappa shape index (κ1) is 13.2. The fraction of sp³-hybridized carbons (Fsp3) is 0.812. The molecule has 0 radical (unpaired) electrons. The molecule has 1 N–H and O–H groups in total. The summed E-state index contributed by atoms with van der Waals surface area (Å²) in [4.78, 5) is 0. The molecular formula is C16H27N3. The zero-order chi connectivity index (χ0) is 13.2. The summed E-state index contributed by atoms with van der Waals surface area (Å²) in [5, 5.41) is 8.43. The highest BCUT2D eigenvalue weighted by Gasteiger charge is 2.27. The molecule has 0 spiro atoms. The van der Waals surface area contributed by atoms with Crippen LogP contribution in [0.3, 0.4) is 0 Å². The molecule has 1 atom stereocenters. The van der Waals surface area contributed by atoms with E-state index in [0.717, 1.165) is 12.5 Å². The first-order valence-electron chi connectivity index (χ1n) is 8.01. The normalized spacial score (nSPS) is 25.7. The Morgan fingerprint density at radius 3 is 2.47 bits per heavy atom. The second-order valence-electron chi connectivity index (χ2n) is 6.40. The zero-order valence-corrected chi connectivity index (χ0v) is 12.4. The number of nitrogens with zero attached hydrogens (tertiary/aromatic N) is 2. The predicted octanol–water partition coefficient (Wildman–Crippen LogP) is 3.24. The van der Waals surface area contributed by atoms with E-state index in [1.54, 1.807) is 0 Å². The number of nitrogens with one attached hydrogen (secondary N) is 1. The summed E-state index contributed by atoms with van der Waals surface area (Å²) in [6, 6.07) is 0. The van der Waals surface area contributed by atoms with Crippen LogP contribution in [0.25, 0.3) is 0 Å². The van der Waals surface area contributed by atoms with Crippen molar-refractivity contribution in [3.8, 4) is 0 Å². The van der Waals surface area contributed by atoms with Crippen molar-refractivity contribution in [1.29, 1.82) is 0 Å². The average molecular weight is 261 g/mol. The minimum atomic E-state index is 0.670. The van der Waals surface area contributed by atoms with Gasteiger partial charge >= 0.3 is 0 Å². The first-order valence-corrected chi connectivity index (χ1v) is 8.01. The van der Waals surface area contributed by atoms with Gasteiger partial charge in [0, 0.05) is 31.1 Å². The van der Waals surface area contributed by atoms with Crippen LogP contribution >= 0.6 is 0 Å². The molecule has 0 amide bonds. The third kappa shape index (κ3) is 2.58.